The van der Waals surface area contributed by atoms with Crippen molar-refractivity contribution in [3.63, 3.8) is 0 Å². The van der Waals surface area contributed by atoms with Crippen LogP contribution < -0.4 is 9.47 Å². The molecule has 1 aliphatic rings. The Labute approximate surface area is 147 Å². The first-order valence-electron chi connectivity index (χ1n) is 8.48. The van der Waals surface area contributed by atoms with Gasteiger partial charge in [-0.3, -0.25) is 4.79 Å². The number of amides is 1. The van der Waals surface area contributed by atoms with Crippen LogP contribution in [0, 0.1) is 5.92 Å². The lowest BCUT2D eigenvalue weighted by molar-refractivity contribution is -0.136. The lowest BCUT2D eigenvalue weighted by atomic mass is 9.95. The predicted octanol–water partition coefficient (Wildman–Crippen LogP) is 3.02. The number of hydrogen-bond donors (Lipinski definition) is 0. The van der Waals surface area contributed by atoms with Crippen molar-refractivity contribution in [3.8, 4) is 11.5 Å². The molecule has 1 amide bonds. The molecule has 0 fully saturated rings. The molecule has 6 heteroatoms. The van der Waals surface area contributed by atoms with E-state index in [1.54, 1.807) is 19.1 Å². The van der Waals surface area contributed by atoms with E-state index in [0.29, 0.717) is 25.3 Å². The molecule has 0 spiro atoms. The smallest absolute Gasteiger partial charge is 0.229 e. The van der Waals surface area contributed by atoms with Gasteiger partial charge in [0.1, 0.15) is 18.1 Å². The minimum absolute atomic E-state index is 0.0440. The van der Waals surface area contributed by atoms with Crippen LogP contribution in [-0.4, -0.2) is 36.7 Å². The standard InChI is InChI=1S/C19H24N2O4/c1-12(2)17-9-15(20-25-17)10-21(3)19(22)14-8-13-6-5-7-16(23-4)18(13)24-11-14/h5-7,9,12,14H,8,10-11H2,1-4H3/t14-/m0/s1. The van der Waals surface area contributed by atoms with E-state index in [4.69, 9.17) is 14.0 Å². The molecule has 134 valence electrons. The molecule has 0 saturated heterocycles. The summed E-state index contributed by atoms with van der Waals surface area (Å²) in [5.74, 6) is 2.40. The van der Waals surface area contributed by atoms with Gasteiger partial charge in [0.05, 0.1) is 19.6 Å². The van der Waals surface area contributed by atoms with Crippen LogP contribution in [0.2, 0.25) is 0 Å². The molecule has 0 radical (unpaired) electrons. The normalized spacial score (nSPS) is 16.3. The van der Waals surface area contributed by atoms with Crippen molar-refractivity contribution in [1.82, 2.24) is 10.1 Å². The van der Waals surface area contributed by atoms with Crippen LogP contribution in [0.4, 0.5) is 0 Å². The van der Waals surface area contributed by atoms with E-state index in [0.717, 1.165) is 22.8 Å². The summed E-state index contributed by atoms with van der Waals surface area (Å²) in [6.45, 7) is 4.87. The predicted molar refractivity (Wildman–Crippen MR) is 92.7 cm³/mol. The van der Waals surface area contributed by atoms with Gasteiger partial charge < -0.3 is 18.9 Å². The van der Waals surface area contributed by atoms with Gasteiger partial charge in [0.15, 0.2) is 11.5 Å². The van der Waals surface area contributed by atoms with E-state index >= 15 is 0 Å². The molecule has 1 atom stereocenters. The van der Waals surface area contributed by atoms with Crippen LogP contribution in [0.25, 0.3) is 0 Å². The second-order valence-corrected chi connectivity index (χ2v) is 6.73. The summed E-state index contributed by atoms with van der Waals surface area (Å²) in [7, 11) is 3.40. The summed E-state index contributed by atoms with van der Waals surface area (Å²) in [5, 5.41) is 4.05. The third-order valence-corrected chi connectivity index (χ3v) is 4.45. The number of ether oxygens (including phenoxy) is 2. The van der Waals surface area contributed by atoms with E-state index in [1.807, 2.05) is 38.1 Å². The Morgan fingerprint density at radius 2 is 2.24 bits per heavy atom. The fourth-order valence-corrected chi connectivity index (χ4v) is 3.02. The Morgan fingerprint density at radius 1 is 1.44 bits per heavy atom. The first-order chi connectivity index (χ1) is 12.0. The van der Waals surface area contributed by atoms with Gasteiger partial charge in [0.2, 0.25) is 5.91 Å². The molecule has 0 aliphatic carbocycles. The summed E-state index contributed by atoms with van der Waals surface area (Å²) in [6, 6.07) is 7.67. The Bertz CT molecular complexity index is 754. The minimum Gasteiger partial charge on any atom is -0.493 e. The Hall–Kier alpha value is -2.50. The highest BCUT2D eigenvalue weighted by Gasteiger charge is 2.30. The number of nitrogens with zero attached hydrogens (tertiary/aromatic N) is 2. The van der Waals surface area contributed by atoms with Gasteiger partial charge in [-0.1, -0.05) is 31.1 Å². The quantitative estimate of drug-likeness (QED) is 0.834. The van der Waals surface area contributed by atoms with E-state index in [1.165, 1.54) is 0 Å². The lowest BCUT2D eigenvalue weighted by Gasteiger charge is -2.28. The fourth-order valence-electron chi connectivity index (χ4n) is 3.02. The Morgan fingerprint density at radius 3 is 2.92 bits per heavy atom. The summed E-state index contributed by atoms with van der Waals surface area (Å²) >= 11 is 0. The van der Waals surface area contributed by atoms with Gasteiger partial charge in [-0.15, -0.1) is 0 Å². The van der Waals surface area contributed by atoms with E-state index in [2.05, 4.69) is 5.16 Å². The molecular formula is C19H24N2O4. The average molecular weight is 344 g/mol. The molecule has 2 aromatic rings. The summed E-state index contributed by atoms with van der Waals surface area (Å²) < 4.78 is 16.4. The summed E-state index contributed by atoms with van der Waals surface area (Å²) in [4.78, 5) is 14.4. The van der Waals surface area contributed by atoms with E-state index in [9.17, 15) is 4.79 Å². The van der Waals surface area contributed by atoms with Gasteiger partial charge in [-0.2, -0.15) is 0 Å². The molecule has 0 bridgehead atoms. The van der Waals surface area contributed by atoms with Crippen molar-refractivity contribution in [2.45, 2.75) is 32.7 Å². The molecule has 1 aromatic heterocycles. The number of carbonyl (C=O) groups excluding carboxylic acids is 1. The Balaban J connectivity index is 1.66. The highest BCUT2D eigenvalue weighted by atomic mass is 16.5. The van der Waals surface area contributed by atoms with Crippen molar-refractivity contribution in [2.24, 2.45) is 5.92 Å². The third-order valence-electron chi connectivity index (χ3n) is 4.45. The first kappa shape index (κ1) is 17.3. The number of fused-ring (bicyclic) bond motifs is 1. The first-order valence-corrected chi connectivity index (χ1v) is 8.48. The maximum Gasteiger partial charge on any atom is 0.229 e. The third kappa shape index (κ3) is 3.62. The second kappa shape index (κ2) is 7.17. The minimum atomic E-state index is -0.207. The highest BCUT2D eigenvalue weighted by molar-refractivity contribution is 5.79. The summed E-state index contributed by atoms with van der Waals surface area (Å²) in [6.07, 6.45) is 0.645. The molecule has 1 aliphatic heterocycles. The van der Waals surface area contributed by atoms with Crippen LogP contribution >= 0.6 is 0 Å². The molecule has 0 unspecified atom stereocenters. The molecule has 3 rings (SSSR count). The average Bonchev–Trinajstić information content (AvgIpc) is 3.08. The zero-order valence-electron chi connectivity index (χ0n) is 15.1. The topological polar surface area (TPSA) is 64.8 Å². The van der Waals surface area contributed by atoms with Crippen LogP contribution in [0.15, 0.2) is 28.8 Å². The van der Waals surface area contributed by atoms with Crippen molar-refractivity contribution >= 4 is 5.91 Å². The number of methoxy groups -OCH3 is 1. The van der Waals surface area contributed by atoms with Gasteiger partial charge >= 0.3 is 0 Å². The molecule has 2 heterocycles. The lowest BCUT2D eigenvalue weighted by Crippen LogP contribution is -2.38. The van der Waals surface area contributed by atoms with Crippen molar-refractivity contribution in [3.05, 3.63) is 41.3 Å². The van der Waals surface area contributed by atoms with Gasteiger partial charge in [0.25, 0.3) is 0 Å². The van der Waals surface area contributed by atoms with Crippen molar-refractivity contribution < 1.29 is 18.8 Å². The second-order valence-electron chi connectivity index (χ2n) is 6.73. The number of hydrogen-bond acceptors (Lipinski definition) is 5. The van der Waals surface area contributed by atoms with Gasteiger partial charge in [0, 0.05) is 19.0 Å². The zero-order chi connectivity index (χ0) is 18.0. The van der Waals surface area contributed by atoms with Crippen LogP contribution in [0.3, 0.4) is 0 Å². The molecule has 0 N–H and O–H groups in total. The number of rotatable bonds is 5. The number of carbonyl (C=O) groups is 1. The van der Waals surface area contributed by atoms with Crippen molar-refractivity contribution in [2.75, 3.05) is 20.8 Å². The maximum atomic E-state index is 12.8. The highest BCUT2D eigenvalue weighted by Crippen LogP contribution is 2.36. The molecule has 25 heavy (non-hydrogen) atoms. The van der Waals surface area contributed by atoms with Gasteiger partial charge in [-0.05, 0) is 18.1 Å². The van der Waals surface area contributed by atoms with Crippen LogP contribution in [-0.2, 0) is 17.8 Å². The van der Waals surface area contributed by atoms with Crippen LogP contribution in [0.1, 0.15) is 36.8 Å². The Kier molecular flexibility index (Phi) is 4.97. The number of aromatic nitrogens is 1. The van der Waals surface area contributed by atoms with E-state index in [-0.39, 0.29) is 17.7 Å². The monoisotopic (exact) mass is 344 g/mol. The molecule has 0 saturated carbocycles. The van der Waals surface area contributed by atoms with E-state index < -0.39 is 0 Å². The largest absolute Gasteiger partial charge is 0.493 e. The summed E-state index contributed by atoms with van der Waals surface area (Å²) in [5.41, 5.74) is 1.76. The molecular weight excluding hydrogens is 320 g/mol. The number of benzene rings is 1. The molecule has 6 nitrogen and oxygen atoms in total. The van der Waals surface area contributed by atoms with Crippen molar-refractivity contribution in [1.29, 1.82) is 0 Å². The SMILES string of the molecule is COc1cccc2c1OC[C@@H](C(=O)N(C)Cc1cc(C(C)C)on1)C2. The fraction of sp³-hybridized carbons (Fsp3) is 0.474. The molecule has 1 aromatic carbocycles. The zero-order valence-corrected chi connectivity index (χ0v) is 15.1. The van der Waals surface area contributed by atoms with Gasteiger partial charge in [-0.25, -0.2) is 0 Å². The van der Waals surface area contributed by atoms with Crippen LogP contribution in [0.5, 0.6) is 11.5 Å². The maximum absolute atomic E-state index is 12.8. The number of para-hydroxylation sites is 1.